The molecule has 2 heteroatoms. The predicted octanol–water partition coefficient (Wildman–Crippen LogP) is 0.223. The fourth-order valence-electron chi connectivity index (χ4n) is 0.119. The molecule has 0 fully saturated rings. The lowest BCUT2D eigenvalue weighted by Gasteiger charge is -2.07. The highest BCUT2D eigenvalue weighted by Crippen LogP contribution is 2.01. The van der Waals surface area contributed by atoms with E-state index < -0.39 is 5.60 Å². The van der Waals surface area contributed by atoms with E-state index in [4.69, 9.17) is 29.6 Å². The SMILES string of the molecule is C#CC(O)(C#C)CCl. The second-order valence-corrected chi connectivity index (χ2v) is 1.55. The Balaban J connectivity index is 4.11. The molecule has 0 heterocycles. The van der Waals surface area contributed by atoms with Gasteiger partial charge in [0.1, 0.15) is 0 Å². The maximum atomic E-state index is 8.83. The van der Waals surface area contributed by atoms with Crippen LogP contribution in [0.4, 0.5) is 0 Å². The maximum absolute atomic E-state index is 8.83. The molecule has 0 aromatic heterocycles. The second-order valence-electron chi connectivity index (χ2n) is 1.28. The van der Waals surface area contributed by atoms with Crippen LogP contribution in [-0.2, 0) is 0 Å². The predicted molar refractivity (Wildman–Crippen MR) is 33.3 cm³/mol. The summed E-state index contributed by atoms with van der Waals surface area (Å²) in [6, 6.07) is 0. The molecule has 0 aliphatic heterocycles. The standard InChI is InChI=1S/C6H5ClO/c1-3-6(8,4-2)5-7/h1-2,8H,5H2. The minimum atomic E-state index is -1.55. The van der Waals surface area contributed by atoms with E-state index in [2.05, 4.69) is 0 Å². The molecule has 0 unspecified atom stereocenters. The third-order valence-corrected chi connectivity index (χ3v) is 1.06. The molecule has 0 saturated carbocycles. The van der Waals surface area contributed by atoms with Gasteiger partial charge in [0.05, 0.1) is 5.88 Å². The van der Waals surface area contributed by atoms with Crippen molar-refractivity contribution in [2.45, 2.75) is 5.60 Å². The Morgan fingerprint density at radius 2 is 1.88 bits per heavy atom. The summed E-state index contributed by atoms with van der Waals surface area (Å²) in [6.45, 7) is 0. The van der Waals surface area contributed by atoms with E-state index in [0.717, 1.165) is 0 Å². The first-order valence-electron chi connectivity index (χ1n) is 1.92. The molecule has 0 aliphatic rings. The van der Waals surface area contributed by atoms with Crippen molar-refractivity contribution >= 4 is 11.6 Å². The van der Waals surface area contributed by atoms with E-state index in [9.17, 15) is 0 Å². The zero-order chi connectivity index (χ0) is 6.62. The third-order valence-electron chi connectivity index (χ3n) is 0.671. The van der Waals surface area contributed by atoms with Crippen LogP contribution in [-0.4, -0.2) is 16.6 Å². The first-order valence-corrected chi connectivity index (χ1v) is 2.46. The molecule has 1 nitrogen and oxygen atoms in total. The van der Waals surface area contributed by atoms with Gasteiger partial charge in [-0.25, -0.2) is 0 Å². The number of terminal acetylenes is 2. The van der Waals surface area contributed by atoms with Crippen LogP contribution in [0, 0.1) is 24.7 Å². The van der Waals surface area contributed by atoms with Gasteiger partial charge in [0, 0.05) is 0 Å². The van der Waals surface area contributed by atoms with E-state index >= 15 is 0 Å². The maximum Gasteiger partial charge on any atom is 0.200 e. The van der Waals surface area contributed by atoms with E-state index in [1.54, 1.807) is 0 Å². The molecule has 0 rings (SSSR count). The van der Waals surface area contributed by atoms with Gasteiger partial charge in [-0.05, 0) is 0 Å². The van der Waals surface area contributed by atoms with Gasteiger partial charge >= 0.3 is 0 Å². The fraction of sp³-hybridized carbons (Fsp3) is 0.333. The number of alkyl halides is 1. The molecule has 0 aromatic carbocycles. The van der Waals surface area contributed by atoms with Crippen molar-refractivity contribution in [2.24, 2.45) is 0 Å². The summed E-state index contributed by atoms with van der Waals surface area (Å²) in [7, 11) is 0. The summed E-state index contributed by atoms with van der Waals surface area (Å²) < 4.78 is 0. The van der Waals surface area contributed by atoms with Crippen molar-refractivity contribution in [2.75, 3.05) is 5.88 Å². The van der Waals surface area contributed by atoms with Crippen LogP contribution >= 0.6 is 11.6 Å². The van der Waals surface area contributed by atoms with Crippen molar-refractivity contribution in [3.63, 3.8) is 0 Å². The van der Waals surface area contributed by atoms with Crippen LogP contribution in [0.1, 0.15) is 0 Å². The Bertz CT molecular complexity index is 135. The van der Waals surface area contributed by atoms with Gasteiger partial charge in [0.2, 0.25) is 5.60 Å². The molecule has 0 aromatic rings. The summed E-state index contributed by atoms with van der Waals surface area (Å²) in [4.78, 5) is 0. The third kappa shape index (κ3) is 1.46. The lowest BCUT2D eigenvalue weighted by molar-refractivity contribution is 0.188. The number of rotatable bonds is 1. The highest BCUT2D eigenvalue weighted by Gasteiger charge is 2.17. The summed E-state index contributed by atoms with van der Waals surface area (Å²) >= 11 is 5.17. The van der Waals surface area contributed by atoms with E-state index in [0.29, 0.717) is 0 Å². The van der Waals surface area contributed by atoms with Gasteiger partial charge in [-0.1, -0.05) is 11.8 Å². The van der Waals surface area contributed by atoms with Crippen molar-refractivity contribution in [3.05, 3.63) is 0 Å². The van der Waals surface area contributed by atoms with Crippen molar-refractivity contribution in [3.8, 4) is 24.7 Å². The van der Waals surface area contributed by atoms with Crippen LogP contribution in [0.15, 0.2) is 0 Å². The Morgan fingerprint density at radius 3 is 1.88 bits per heavy atom. The number of halogens is 1. The van der Waals surface area contributed by atoms with Gasteiger partial charge < -0.3 is 5.11 Å². The number of hydrogen-bond acceptors (Lipinski definition) is 1. The largest absolute Gasteiger partial charge is 0.366 e. The Kier molecular flexibility index (Phi) is 2.42. The molecule has 0 aliphatic carbocycles. The molecule has 0 radical (unpaired) electrons. The van der Waals surface area contributed by atoms with Crippen molar-refractivity contribution < 1.29 is 5.11 Å². The average Bonchev–Trinajstić information content (AvgIpc) is 1.87. The molecule has 0 bridgehead atoms. The van der Waals surface area contributed by atoms with Crippen molar-refractivity contribution in [1.29, 1.82) is 0 Å². The molecule has 0 saturated heterocycles. The molecule has 0 atom stereocenters. The Hall–Kier alpha value is -0.630. The van der Waals surface area contributed by atoms with E-state index in [-0.39, 0.29) is 5.88 Å². The molecule has 8 heavy (non-hydrogen) atoms. The highest BCUT2D eigenvalue weighted by atomic mass is 35.5. The number of aliphatic hydroxyl groups is 1. The lowest BCUT2D eigenvalue weighted by atomic mass is 10.1. The van der Waals surface area contributed by atoms with E-state index in [1.807, 2.05) is 11.8 Å². The average molecular weight is 129 g/mol. The Morgan fingerprint density at radius 1 is 1.50 bits per heavy atom. The van der Waals surface area contributed by atoms with Crippen LogP contribution < -0.4 is 0 Å². The first kappa shape index (κ1) is 7.37. The topological polar surface area (TPSA) is 20.2 Å². The quantitative estimate of drug-likeness (QED) is 0.396. The number of hydrogen-bond donors (Lipinski definition) is 1. The molecular formula is C6H5ClO. The zero-order valence-corrected chi connectivity index (χ0v) is 4.94. The van der Waals surface area contributed by atoms with E-state index in [1.165, 1.54) is 0 Å². The van der Waals surface area contributed by atoms with Gasteiger partial charge in [-0.2, -0.15) is 0 Å². The van der Waals surface area contributed by atoms with Crippen LogP contribution in [0.3, 0.4) is 0 Å². The van der Waals surface area contributed by atoms with Crippen LogP contribution in [0.2, 0.25) is 0 Å². The van der Waals surface area contributed by atoms with Gasteiger partial charge in [0.15, 0.2) is 0 Å². The minimum absolute atomic E-state index is 0.125. The van der Waals surface area contributed by atoms with Crippen molar-refractivity contribution in [1.82, 2.24) is 0 Å². The molecule has 0 amide bonds. The van der Waals surface area contributed by atoms with Crippen LogP contribution in [0.25, 0.3) is 0 Å². The molecular weight excluding hydrogens is 124 g/mol. The Labute approximate surface area is 53.7 Å². The molecule has 1 N–H and O–H groups in total. The monoisotopic (exact) mass is 128 g/mol. The van der Waals surface area contributed by atoms with Gasteiger partial charge in [-0.15, -0.1) is 24.4 Å². The zero-order valence-electron chi connectivity index (χ0n) is 4.19. The van der Waals surface area contributed by atoms with Gasteiger partial charge in [0.25, 0.3) is 0 Å². The van der Waals surface area contributed by atoms with Crippen LogP contribution in [0.5, 0.6) is 0 Å². The minimum Gasteiger partial charge on any atom is -0.366 e. The summed E-state index contributed by atoms with van der Waals surface area (Å²) in [6.07, 6.45) is 9.60. The molecule has 42 valence electrons. The normalized spacial score (nSPS) is 9.50. The summed E-state index contributed by atoms with van der Waals surface area (Å²) in [5.41, 5.74) is -1.55. The highest BCUT2D eigenvalue weighted by molar-refractivity contribution is 6.19. The second kappa shape index (κ2) is 2.62. The molecule has 0 spiro atoms. The van der Waals surface area contributed by atoms with Gasteiger partial charge in [-0.3, -0.25) is 0 Å². The first-order chi connectivity index (χ1) is 3.68. The lowest BCUT2D eigenvalue weighted by Crippen LogP contribution is -2.25. The fourth-order valence-corrected chi connectivity index (χ4v) is 0.273. The smallest absolute Gasteiger partial charge is 0.200 e. The summed E-state index contributed by atoms with van der Waals surface area (Å²) in [5.74, 6) is 3.81. The summed E-state index contributed by atoms with van der Waals surface area (Å²) in [5, 5.41) is 8.83.